The number of nitrogens with zero attached hydrogens (tertiary/aromatic N) is 2. The molecule has 2 aromatic carbocycles. The van der Waals surface area contributed by atoms with Crippen LogP contribution in [0.4, 0.5) is 0 Å². The summed E-state index contributed by atoms with van der Waals surface area (Å²) in [6, 6.07) is 10.5. The SMILES string of the molecule is [B]c1cc(COI)c2[nH]ccc2c1-c1c2c(nn1-c1c(C)cccc1C)CCNC2. The first-order chi connectivity index (χ1) is 14.6. The molecule has 2 radical (unpaired) electrons. The zero-order chi connectivity index (χ0) is 20.8. The van der Waals surface area contributed by atoms with E-state index in [4.69, 9.17) is 16.0 Å². The molecule has 5 nitrogen and oxygen atoms in total. The molecule has 0 amide bonds. The molecule has 0 fully saturated rings. The Morgan fingerprint density at radius 3 is 2.80 bits per heavy atom. The summed E-state index contributed by atoms with van der Waals surface area (Å²) in [6.07, 6.45) is 2.88. The second-order valence-corrected chi connectivity index (χ2v) is 8.50. The molecule has 150 valence electrons. The van der Waals surface area contributed by atoms with E-state index >= 15 is 0 Å². The van der Waals surface area contributed by atoms with Gasteiger partial charge in [0.25, 0.3) is 0 Å². The summed E-state index contributed by atoms with van der Waals surface area (Å²) in [6.45, 7) is 6.51. The fraction of sp³-hybridized carbons (Fsp3) is 0.261. The zero-order valence-electron chi connectivity index (χ0n) is 17.1. The molecule has 0 aliphatic carbocycles. The van der Waals surface area contributed by atoms with Gasteiger partial charge in [-0.05, 0) is 31.0 Å². The van der Waals surface area contributed by atoms with Gasteiger partial charge in [0, 0.05) is 47.8 Å². The molecule has 2 aromatic heterocycles. The van der Waals surface area contributed by atoms with Gasteiger partial charge in [-0.2, -0.15) is 5.10 Å². The quantitative estimate of drug-likeness (QED) is 0.325. The summed E-state index contributed by atoms with van der Waals surface area (Å²) in [4.78, 5) is 3.38. The van der Waals surface area contributed by atoms with Crippen LogP contribution in [-0.2, 0) is 22.6 Å². The molecular formula is C23H22BIN4O. The Bertz CT molecular complexity index is 1240. The van der Waals surface area contributed by atoms with Crippen molar-refractivity contribution in [2.75, 3.05) is 6.54 Å². The fourth-order valence-electron chi connectivity index (χ4n) is 4.63. The van der Waals surface area contributed by atoms with Crippen LogP contribution in [0.5, 0.6) is 0 Å². The predicted octanol–water partition coefficient (Wildman–Crippen LogP) is 3.94. The fourth-order valence-corrected chi connectivity index (χ4v) is 4.96. The maximum absolute atomic E-state index is 6.69. The van der Waals surface area contributed by atoms with Gasteiger partial charge >= 0.3 is 0 Å². The van der Waals surface area contributed by atoms with Crippen molar-refractivity contribution in [3.05, 3.63) is 64.5 Å². The van der Waals surface area contributed by atoms with Gasteiger partial charge in [-0.15, -0.1) is 0 Å². The number of nitrogens with one attached hydrogen (secondary N) is 2. The Hall–Kier alpha value is -2.10. The standard InChI is InChI=1S/C23H22BIN4O/c1-13-4-3-5-14(2)22(13)29-23(17-11-26-8-7-19(17)28-29)20-16-6-9-27-21(16)15(12-30-25)10-18(20)24/h3-6,9-10,26-27H,7-8,11-12H2,1-2H3. The van der Waals surface area contributed by atoms with Gasteiger partial charge in [-0.1, -0.05) is 29.7 Å². The summed E-state index contributed by atoms with van der Waals surface area (Å²) < 4.78 is 7.49. The van der Waals surface area contributed by atoms with Crippen LogP contribution in [0.1, 0.15) is 27.9 Å². The number of fused-ring (bicyclic) bond motifs is 2. The van der Waals surface area contributed by atoms with Crippen molar-refractivity contribution >= 4 is 47.2 Å². The van der Waals surface area contributed by atoms with Crippen molar-refractivity contribution in [2.45, 2.75) is 33.4 Å². The van der Waals surface area contributed by atoms with Gasteiger partial charge < -0.3 is 13.4 Å². The van der Waals surface area contributed by atoms with Crippen molar-refractivity contribution < 1.29 is 3.07 Å². The first kappa shape index (κ1) is 19.8. The van der Waals surface area contributed by atoms with Crippen LogP contribution in [0.3, 0.4) is 0 Å². The van der Waals surface area contributed by atoms with E-state index in [0.29, 0.717) is 6.61 Å². The van der Waals surface area contributed by atoms with Crippen LogP contribution in [0.25, 0.3) is 27.8 Å². The predicted molar refractivity (Wildman–Crippen MR) is 130 cm³/mol. The lowest BCUT2D eigenvalue weighted by molar-refractivity contribution is 0.420. The summed E-state index contributed by atoms with van der Waals surface area (Å²) in [5.74, 6) is 0. The summed E-state index contributed by atoms with van der Waals surface area (Å²) in [7, 11) is 6.69. The molecule has 0 atom stereocenters. The van der Waals surface area contributed by atoms with Crippen LogP contribution in [0, 0.1) is 13.8 Å². The van der Waals surface area contributed by atoms with E-state index in [2.05, 4.69) is 53.1 Å². The van der Waals surface area contributed by atoms with Gasteiger partial charge in [0.2, 0.25) is 0 Å². The Morgan fingerprint density at radius 1 is 1.23 bits per heavy atom. The van der Waals surface area contributed by atoms with E-state index in [1.54, 1.807) is 0 Å². The Kier molecular flexibility index (Phi) is 5.20. The van der Waals surface area contributed by atoms with Crippen LogP contribution in [0.15, 0.2) is 36.5 Å². The monoisotopic (exact) mass is 508 g/mol. The second-order valence-electron chi connectivity index (χ2n) is 7.87. The van der Waals surface area contributed by atoms with E-state index < -0.39 is 0 Å². The summed E-state index contributed by atoms with van der Waals surface area (Å²) >= 11 is 1.92. The van der Waals surface area contributed by atoms with Crippen LogP contribution >= 0.6 is 23.0 Å². The van der Waals surface area contributed by atoms with Crippen LogP contribution in [0.2, 0.25) is 0 Å². The number of para-hydroxylation sites is 1. The molecule has 2 N–H and O–H groups in total. The minimum Gasteiger partial charge on any atom is -0.361 e. The van der Waals surface area contributed by atoms with Crippen molar-refractivity contribution in [3.63, 3.8) is 0 Å². The van der Waals surface area contributed by atoms with Gasteiger partial charge in [-0.3, -0.25) is 0 Å². The maximum Gasteiger partial charge on any atom is 0.114 e. The van der Waals surface area contributed by atoms with E-state index in [1.165, 1.54) is 16.7 Å². The van der Waals surface area contributed by atoms with Gasteiger partial charge in [0.05, 0.1) is 29.2 Å². The number of aryl methyl sites for hydroxylation is 2. The number of halogens is 1. The summed E-state index contributed by atoms with van der Waals surface area (Å²) in [5, 5.41) is 9.71. The minimum atomic E-state index is 0.498. The van der Waals surface area contributed by atoms with Crippen molar-refractivity contribution in [1.29, 1.82) is 0 Å². The molecule has 0 saturated heterocycles. The van der Waals surface area contributed by atoms with Gasteiger partial charge in [0.15, 0.2) is 0 Å². The Labute approximate surface area is 191 Å². The van der Waals surface area contributed by atoms with Crippen molar-refractivity contribution in [2.24, 2.45) is 0 Å². The molecule has 0 bridgehead atoms. The Balaban J connectivity index is 1.87. The number of H-pyrrole nitrogens is 1. The molecule has 4 aromatic rings. The lowest BCUT2D eigenvalue weighted by Crippen LogP contribution is -2.23. The number of benzene rings is 2. The molecule has 3 heterocycles. The van der Waals surface area contributed by atoms with Gasteiger partial charge in [-0.25, -0.2) is 4.68 Å². The molecule has 5 rings (SSSR count). The molecule has 30 heavy (non-hydrogen) atoms. The lowest BCUT2D eigenvalue weighted by atomic mass is 9.83. The lowest BCUT2D eigenvalue weighted by Gasteiger charge is -2.19. The third-order valence-corrected chi connectivity index (χ3v) is 6.27. The second kappa shape index (κ2) is 7.87. The number of hydrogen-bond donors (Lipinski definition) is 2. The van der Waals surface area contributed by atoms with E-state index in [1.807, 2.05) is 35.3 Å². The number of aromatic nitrogens is 3. The number of aromatic amines is 1. The number of rotatable bonds is 4. The first-order valence-electron chi connectivity index (χ1n) is 10.1. The molecule has 1 aliphatic rings. The molecule has 7 heteroatoms. The molecule has 0 saturated carbocycles. The Morgan fingerprint density at radius 2 is 2.03 bits per heavy atom. The highest BCUT2D eigenvalue weighted by atomic mass is 127. The van der Waals surface area contributed by atoms with E-state index in [0.717, 1.165) is 64.1 Å². The minimum absolute atomic E-state index is 0.498. The third kappa shape index (κ3) is 3.11. The van der Waals surface area contributed by atoms with E-state index in [9.17, 15) is 0 Å². The topological polar surface area (TPSA) is 54.9 Å². The van der Waals surface area contributed by atoms with Crippen LogP contribution in [-0.4, -0.2) is 29.2 Å². The molecule has 1 aliphatic heterocycles. The molecule has 0 unspecified atom stereocenters. The zero-order valence-corrected chi connectivity index (χ0v) is 19.2. The van der Waals surface area contributed by atoms with Gasteiger partial charge in [0.1, 0.15) is 30.9 Å². The van der Waals surface area contributed by atoms with Crippen molar-refractivity contribution in [1.82, 2.24) is 20.1 Å². The average molecular weight is 508 g/mol. The van der Waals surface area contributed by atoms with Crippen LogP contribution < -0.4 is 10.8 Å². The highest BCUT2D eigenvalue weighted by molar-refractivity contribution is 14.1. The third-order valence-electron chi connectivity index (χ3n) is 5.96. The molecular weight excluding hydrogens is 486 g/mol. The van der Waals surface area contributed by atoms with Crippen molar-refractivity contribution in [3.8, 4) is 16.9 Å². The first-order valence-corrected chi connectivity index (χ1v) is 11.0. The maximum atomic E-state index is 6.69. The number of hydrogen-bond acceptors (Lipinski definition) is 3. The van der Waals surface area contributed by atoms with E-state index in [-0.39, 0.29) is 0 Å². The largest absolute Gasteiger partial charge is 0.361 e. The smallest absolute Gasteiger partial charge is 0.114 e. The summed E-state index contributed by atoms with van der Waals surface area (Å²) in [5.41, 5.74) is 10.9. The highest BCUT2D eigenvalue weighted by Gasteiger charge is 2.26. The highest BCUT2D eigenvalue weighted by Crippen LogP contribution is 2.36. The normalized spacial score (nSPS) is 13.7. The average Bonchev–Trinajstić information content (AvgIpc) is 3.34. The molecule has 0 spiro atoms.